The van der Waals surface area contributed by atoms with Gasteiger partial charge in [0, 0.05) is 15.5 Å². The summed E-state index contributed by atoms with van der Waals surface area (Å²) in [5.41, 5.74) is 2.24. The molecular formula is C20H20BrN3O2. The van der Waals surface area contributed by atoms with E-state index in [1.54, 1.807) is 12.1 Å². The number of halogens is 1. The van der Waals surface area contributed by atoms with Gasteiger partial charge in [0.2, 0.25) is 0 Å². The molecule has 0 radical (unpaired) electrons. The third kappa shape index (κ3) is 4.58. The van der Waals surface area contributed by atoms with E-state index in [1.165, 1.54) is 6.33 Å². The normalized spacial score (nSPS) is 10.7. The number of aromatic nitrogens is 2. The number of nitrogens with zero attached hydrogens (tertiary/aromatic N) is 2. The second-order valence-corrected chi connectivity index (χ2v) is 6.84. The minimum absolute atomic E-state index is 0.288. The van der Waals surface area contributed by atoms with E-state index in [1.807, 2.05) is 30.3 Å². The first-order valence-electron chi connectivity index (χ1n) is 8.62. The average molecular weight is 414 g/mol. The number of esters is 1. The molecule has 0 atom stereocenters. The van der Waals surface area contributed by atoms with Gasteiger partial charge in [-0.3, -0.25) is 0 Å². The Hall–Kier alpha value is -2.47. The van der Waals surface area contributed by atoms with Gasteiger partial charge in [0.15, 0.2) is 0 Å². The monoisotopic (exact) mass is 413 g/mol. The van der Waals surface area contributed by atoms with Gasteiger partial charge >= 0.3 is 5.97 Å². The van der Waals surface area contributed by atoms with Gasteiger partial charge in [-0.15, -0.1) is 0 Å². The number of fused-ring (bicyclic) bond motifs is 1. The summed E-state index contributed by atoms with van der Waals surface area (Å²) in [5, 5.41) is 4.19. The van der Waals surface area contributed by atoms with Crippen LogP contribution in [-0.4, -0.2) is 22.5 Å². The highest BCUT2D eigenvalue weighted by Gasteiger charge is 2.08. The Morgan fingerprint density at radius 2 is 1.92 bits per heavy atom. The first kappa shape index (κ1) is 18.3. The molecule has 0 aliphatic heterocycles. The van der Waals surface area contributed by atoms with E-state index < -0.39 is 0 Å². The summed E-state index contributed by atoms with van der Waals surface area (Å²) in [7, 11) is 0. The van der Waals surface area contributed by atoms with Crippen molar-refractivity contribution in [3.63, 3.8) is 0 Å². The largest absolute Gasteiger partial charge is 0.462 e. The standard InChI is InChI=1S/C20H20BrN3O2/c1-2-3-4-11-26-20(25)14-5-8-16(9-6-14)24-19-17-12-15(21)7-10-18(17)22-13-23-19/h5-10,12-13H,2-4,11H2,1H3,(H,22,23,24). The Bertz CT molecular complexity index is 897. The van der Waals surface area contributed by atoms with Crippen LogP contribution in [-0.2, 0) is 4.74 Å². The summed E-state index contributed by atoms with van der Waals surface area (Å²) in [6.07, 6.45) is 4.60. The van der Waals surface area contributed by atoms with Crippen LogP contribution in [0.5, 0.6) is 0 Å². The smallest absolute Gasteiger partial charge is 0.338 e. The maximum Gasteiger partial charge on any atom is 0.338 e. The van der Waals surface area contributed by atoms with Crippen molar-refractivity contribution in [3.05, 3.63) is 58.8 Å². The lowest BCUT2D eigenvalue weighted by Gasteiger charge is -2.09. The summed E-state index contributed by atoms with van der Waals surface area (Å²) >= 11 is 3.47. The number of anilines is 2. The molecule has 5 nitrogen and oxygen atoms in total. The second-order valence-electron chi connectivity index (χ2n) is 5.93. The molecule has 6 heteroatoms. The predicted octanol–water partition coefficient (Wildman–Crippen LogP) is 5.48. The number of unbranched alkanes of at least 4 members (excludes halogenated alkanes) is 2. The minimum atomic E-state index is -0.288. The fourth-order valence-electron chi connectivity index (χ4n) is 2.56. The second kappa shape index (κ2) is 8.76. The molecule has 2 aromatic carbocycles. The Morgan fingerprint density at radius 1 is 1.12 bits per heavy atom. The Kier molecular flexibility index (Phi) is 6.17. The van der Waals surface area contributed by atoms with Crippen molar-refractivity contribution < 1.29 is 9.53 Å². The van der Waals surface area contributed by atoms with Crippen LogP contribution in [0.3, 0.4) is 0 Å². The third-order valence-electron chi connectivity index (χ3n) is 3.96. The molecule has 1 N–H and O–H groups in total. The maximum atomic E-state index is 12.0. The molecule has 134 valence electrons. The van der Waals surface area contributed by atoms with E-state index in [0.29, 0.717) is 18.0 Å². The third-order valence-corrected chi connectivity index (χ3v) is 4.46. The lowest BCUT2D eigenvalue weighted by atomic mass is 10.2. The molecule has 0 saturated carbocycles. The Labute approximate surface area is 160 Å². The van der Waals surface area contributed by atoms with Crippen molar-refractivity contribution in [1.29, 1.82) is 0 Å². The van der Waals surface area contributed by atoms with E-state index in [-0.39, 0.29) is 5.97 Å². The van der Waals surface area contributed by atoms with E-state index in [4.69, 9.17) is 4.74 Å². The molecule has 1 aromatic heterocycles. The molecule has 0 amide bonds. The fourth-order valence-corrected chi connectivity index (χ4v) is 2.92. The van der Waals surface area contributed by atoms with Crippen LogP contribution in [0, 0.1) is 0 Å². The molecule has 0 aliphatic rings. The van der Waals surface area contributed by atoms with Gasteiger partial charge in [-0.25, -0.2) is 14.8 Å². The van der Waals surface area contributed by atoms with Crippen LogP contribution in [0.15, 0.2) is 53.3 Å². The molecule has 26 heavy (non-hydrogen) atoms. The van der Waals surface area contributed by atoms with Crippen molar-refractivity contribution in [2.45, 2.75) is 26.2 Å². The molecule has 3 aromatic rings. The van der Waals surface area contributed by atoms with Crippen molar-refractivity contribution in [2.75, 3.05) is 11.9 Å². The number of nitrogens with one attached hydrogen (secondary N) is 1. The Balaban J connectivity index is 1.70. The summed E-state index contributed by atoms with van der Waals surface area (Å²) in [6, 6.07) is 13.0. The predicted molar refractivity (Wildman–Crippen MR) is 107 cm³/mol. The number of ether oxygens (including phenoxy) is 1. The average Bonchev–Trinajstić information content (AvgIpc) is 2.66. The van der Waals surface area contributed by atoms with Gasteiger partial charge in [0.25, 0.3) is 0 Å². The van der Waals surface area contributed by atoms with Crippen LogP contribution in [0.1, 0.15) is 36.5 Å². The first-order chi connectivity index (χ1) is 12.7. The van der Waals surface area contributed by atoms with Crippen LogP contribution < -0.4 is 5.32 Å². The Morgan fingerprint density at radius 3 is 2.69 bits per heavy atom. The highest BCUT2D eigenvalue weighted by molar-refractivity contribution is 9.10. The van der Waals surface area contributed by atoms with E-state index in [9.17, 15) is 4.79 Å². The zero-order valence-corrected chi connectivity index (χ0v) is 16.1. The minimum Gasteiger partial charge on any atom is -0.462 e. The van der Waals surface area contributed by atoms with Crippen LogP contribution in [0.25, 0.3) is 10.9 Å². The fraction of sp³-hybridized carbons (Fsp3) is 0.250. The van der Waals surface area contributed by atoms with Crippen LogP contribution in [0.2, 0.25) is 0 Å². The van der Waals surface area contributed by atoms with Gasteiger partial charge in [0.1, 0.15) is 12.1 Å². The summed E-state index contributed by atoms with van der Waals surface area (Å²) in [4.78, 5) is 20.6. The topological polar surface area (TPSA) is 64.1 Å². The highest BCUT2D eigenvalue weighted by atomic mass is 79.9. The summed E-state index contributed by atoms with van der Waals surface area (Å²) < 4.78 is 6.24. The quantitative estimate of drug-likeness (QED) is 0.410. The van der Waals surface area contributed by atoms with E-state index in [2.05, 4.69) is 38.1 Å². The molecule has 0 spiro atoms. The number of hydrogen-bond donors (Lipinski definition) is 1. The van der Waals surface area contributed by atoms with Gasteiger partial charge in [-0.2, -0.15) is 0 Å². The molecule has 1 heterocycles. The van der Waals surface area contributed by atoms with Gasteiger partial charge in [-0.05, 0) is 48.9 Å². The number of carbonyl (C=O) groups excluding carboxylic acids is 1. The lowest BCUT2D eigenvalue weighted by Crippen LogP contribution is -2.06. The van der Waals surface area contributed by atoms with Gasteiger partial charge < -0.3 is 10.1 Å². The van der Waals surface area contributed by atoms with Crippen LogP contribution in [0.4, 0.5) is 11.5 Å². The maximum absolute atomic E-state index is 12.0. The van der Waals surface area contributed by atoms with E-state index >= 15 is 0 Å². The number of carbonyl (C=O) groups is 1. The summed E-state index contributed by atoms with van der Waals surface area (Å²) in [5.74, 6) is 0.426. The van der Waals surface area contributed by atoms with Crippen molar-refractivity contribution in [3.8, 4) is 0 Å². The van der Waals surface area contributed by atoms with Crippen molar-refractivity contribution >= 4 is 44.3 Å². The molecule has 0 fully saturated rings. The zero-order chi connectivity index (χ0) is 18.4. The SMILES string of the molecule is CCCCCOC(=O)c1ccc(Nc2ncnc3ccc(Br)cc23)cc1. The molecule has 3 rings (SSSR count). The lowest BCUT2D eigenvalue weighted by molar-refractivity contribution is 0.0498. The van der Waals surface area contributed by atoms with E-state index in [0.717, 1.165) is 40.3 Å². The molecular weight excluding hydrogens is 394 g/mol. The first-order valence-corrected chi connectivity index (χ1v) is 9.41. The van der Waals surface area contributed by atoms with Gasteiger partial charge in [-0.1, -0.05) is 35.7 Å². The van der Waals surface area contributed by atoms with Crippen molar-refractivity contribution in [1.82, 2.24) is 9.97 Å². The molecule has 0 bridgehead atoms. The van der Waals surface area contributed by atoms with Gasteiger partial charge in [0.05, 0.1) is 17.7 Å². The zero-order valence-electron chi connectivity index (χ0n) is 14.5. The highest BCUT2D eigenvalue weighted by Crippen LogP contribution is 2.26. The molecule has 0 aliphatic carbocycles. The molecule has 0 saturated heterocycles. The molecule has 0 unspecified atom stereocenters. The number of rotatable bonds is 7. The van der Waals surface area contributed by atoms with Crippen molar-refractivity contribution in [2.24, 2.45) is 0 Å². The number of hydrogen-bond acceptors (Lipinski definition) is 5. The number of benzene rings is 2. The summed E-state index contributed by atoms with van der Waals surface area (Å²) in [6.45, 7) is 2.58. The van der Waals surface area contributed by atoms with Crippen LogP contribution >= 0.6 is 15.9 Å².